The van der Waals surface area contributed by atoms with Crippen molar-refractivity contribution >= 4 is 5.78 Å². The van der Waals surface area contributed by atoms with Gasteiger partial charge in [0, 0.05) is 6.42 Å². The molecule has 3 N–H and O–H groups in total. The van der Waals surface area contributed by atoms with Crippen LogP contribution < -0.4 is 0 Å². The van der Waals surface area contributed by atoms with E-state index in [1.165, 1.54) is 18.2 Å². The topological polar surface area (TPSA) is 77.8 Å². The fraction of sp³-hybridized carbons (Fsp3) is 0.300. The van der Waals surface area contributed by atoms with Crippen LogP contribution in [-0.2, 0) is 4.79 Å². The number of rotatable bonds is 1. The van der Waals surface area contributed by atoms with E-state index in [9.17, 15) is 4.79 Å². The molecule has 0 fully saturated rings. The van der Waals surface area contributed by atoms with Crippen molar-refractivity contribution in [2.75, 3.05) is 0 Å². The molecule has 0 amide bonds. The first-order chi connectivity index (χ1) is 6.49. The fourth-order valence-electron chi connectivity index (χ4n) is 0.519. The van der Waals surface area contributed by atoms with Crippen LogP contribution in [0.2, 0.25) is 0 Å². The third-order valence-electron chi connectivity index (χ3n) is 1.49. The molecule has 0 unspecified atom stereocenters. The van der Waals surface area contributed by atoms with E-state index >= 15 is 0 Å². The summed E-state index contributed by atoms with van der Waals surface area (Å²) in [7, 11) is 0. The lowest BCUT2D eigenvalue weighted by Gasteiger charge is -1.96. The number of carbonyl (C=O) groups is 1. The van der Waals surface area contributed by atoms with Gasteiger partial charge in [0.15, 0.2) is 17.2 Å². The smallest absolute Gasteiger partial charge is 0.200 e. The number of aromatic hydroxyl groups is 3. The number of phenolic OH excluding ortho intramolecular Hbond substituents is 3. The highest BCUT2D eigenvalue weighted by Crippen LogP contribution is 2.32. The Balaban J connectivity index is 0.000000292. The Bertz CT molecular complexity index is 287. The minimum Gasteiger partial charge on any atom is -0.504 e. The van der Waals surface area contributed by atoms with Gasteiger partial charge < -0.3 is 20.1 Å². The van der Waals surface area contributed by atoms with Gasteiger partial charge >= 0.3 is 0 Å². The van der Waals surface area contributed by atoms with E-state index in [4.69, 9.17) is 15.3 Å². The zero-order chi connectivity index (χ0) is 11.1. The lowest BCUT2D eigenvalue weighted by atomic mass is 10.3. The van der Waals surface area contributed by atoms with E-state index in [1.54, 1.807) is 6.92 Å². The lowest BCUT2D eigenvalue weighted by molar-refractivity contribution is -0.116. The van der Waals surface area contributed by atoms with Crippen molar-refractivity contribution in [3.8, 4) is 17.2 Å². The van der Waals surface area contributed by atoms with Crippen LogP contribution in [0.5, 0.6) is 17.2 Å². The van der Waals surface area contributed by atoms with E-state index in [1.807, 2.05) is 6.92 Å². The fourth-order valence-corrected chi connectivity index (χ4v) is 0.519. The van der Waals surface area contributed by atoms with Crippen molar-refractivity contribution in [3.05, 3.63) is 18.2 Å². The molecule has 0 aliphatic carbocycles. The molecule has 4 nitrogen and oxygen atoms in total. The van der Waals surface area contributed by atoms with Gasteiger partial charge in [-0.2, -0.15) is 0 Å². The molecule has 0 aliphatic heterocycles. The summed E-state index contributed by atoms with van der Waals surface area (Å²) in [5, 5.41) is 26.1. The number of benzene rings is 1. The zero-order valence-corrected chi connectivity index (χ0v) is 8.19. The Kier molecular flexibility index (Phi) is 5.14. The molecule has 0 heterocycles. The van der Waals surface area contributed by atoms with Gasteiger partial charge in [0.2, 0.25) is 0 Å². The molecule has 1 aromatic carbocycles. The minimum absolute atomic E-state index is 0.255. The van der Waals surface area contributed by atoms with Crippen LogP contribution in [0.1, 0.15) is 20.3 Å². The number of Topliss-reactive ketones (excluding diaryl/α,β-unsaturated/α-hetero) is 1. The minimum atomic E-state index is -0.475. The molecule has 0 radical (unpaired) electrons. The van der Waals surface area contributed by atoms with Crippen LogP contribution in [0.25, 0.3) is 0 Å². The van der Waals surface area contributed by atoms with E-state index in [2.05, 4.69) is 0 Å². The number of ketones is 1. The number of hydrogen-bond acceptors (Lipinski definition) is 4. The summed E-state index contributed by atoms with van der Waals surface area (Å²) in [6.07, 6.45) is 0.667. The van der Waals surface area contributed by atoms with Crippen LogP contribution in [0.3, 0.4) is 0 Å². The van der Waals surface area contributed by atoms with Gasteiger partial charge in [-0.25, -0.2) is 0 Å². The maximum Gasteiger partial charge on any atom is 0.200 e. The lowest BCUT2D eigenvalue weighted by Crippen LogP contribution is -1.80. The molecule has 0 atom stereocenters. The molecule has 0 spiro atoms. The van der Waals surface area contributed by atoms with Crippen molar-refractivity contribution < 1.29 is 20.1 Å². The quantitative estimate of drug-likeness (QED) is 0.601. The number of carbonyl (C=O) groups excluding carboxylic acids is 1. The van der Waals surface area contributed by atoms with Gasteiger partial charge in [0.1, 0.15) is 5.78 Å². The summed E-state index contributed by atoms with van der Waals surface area (Å²) in [5.41, 5.74) is 0. The average molecular weight is 198 g/mol. The first-order valence-corrected chi connectivity index (χ1v) is 4.18. The van der Waals surface area contributed by atoms with Crippen molar-refractivity contribution in [2.24, 2.45) is 0 Å². The first kappa shape index (κ1) is 12.3. The van der Waals surface area contributed by atoms with Gasteiger partial charge in [-0.15, -0.1) is 0 Å². The largest absolute Gasteiger partial charge is 0.504 e. The second-order valence-corrected chi connectivity index (χ2v) is 2.70. The van der Waals surface area contributed by atoms with Crippen molar-refractivity contribution in [3.63, 3.8) is 0 Å². The van der Waals surface area contributed by atoms with Gasteiger partial charge in [0.25, 0.3) is 0 Å². The van der Waals surface area contributed by atoms with Crippen LogP contribution in [-0.4, -0.2) is 21.1 Å². The summed E-state index contributed by atoms with van der Waals surface area (Å²) in [4.78, 5) is 9.81. The second-order valence-electron chi connectivity index (χ2n) is 2.70. The predicted octanol–water partition coefficient (Wildman–Crippen LogP) is 1.79. The maximum absolute atomic E-state index is 9.81. The Hall–Kier alpha value is -1.71. The normalized spacial score (nSPS) is 8.71. The molecule has 0 aliphatic rings. The molecule has 0 aromatic heterocycles. The number of phenols is 3. The van der Waals surface area contributed by atoms with E-state index in [0.717, 1.165) is 0 Å². The highest BCUT2D eigenvalue weighted by Gasteiger charge is 2.00. The monoisotopic (exact) mass is 198 g/mol. The molecule has 1 aromatic rings. The standard InChI is InChI=1S/C6H6O3.C4H8O/c7-4-2-1-3-5(8)6(4)9;1-3-4(2)5/h1-3,7-9H;3H2,1-2H3. The average Bonchev–Trinajstić information content (AvgIpc) is 2.15. The zero-order valence-electron chi connectivity index (χ0n) is 8.19. The Morgan fingerprint density at radius 3 is 1.79 bits per heavy atom. The highest BCUT2D eigenvalue weighted by atomic mass is 16.3. The summed E-state index contributed by atoms with van der Waals surface area (Å²) in [6, 6.07) is 4.01. The van der Waals surface area contributed by atoms with Crippen LogP contribution in [0.15, 0.2) is 18.2 Å². The molecular weight excluding hydrogens is 184 g/mol. The van der Waals surface area contributed by atoms with E-state index in [0.29, 0.717) is 6.42 Å². The Morgan fingerprint density at radius 2 is 1.57 bits per heavy atom. The number of para-hydroxylation sites is 1. The molecule has 4 heteroatoms. The van der Waals surface area contributed by atoms with Crippen molar-refractivity contribution in [2.45, 2.75) is 20.3 Å². The summed E-state index contributed by atoms with van der Waals surface area (Å²) in [5.74, 6) is -0.840. The molecule has 78 valence electrons. The summed E-state index contributed by atoms with van der Waals surface area (Å²) < 4.78 is 0. The van der Waals surface area contributed by atoms with Crippen molar-refractivity contribution in [1.82, 2.24) is 0 Å². The van der Waals surface area contributed by atoms with E-state index < -0.39 is 5.75 Å². The van der Waals surface area contributed by atoms with Crippen LogP contribution >= 0.6 is 0 Å². The van der Waals surface area contributed by atoms with Crippen LogP contribution in [0.4, 0.5) is 0 Å². The number of hydrogen-bond donors (Lipinski definition) is 3. The first-order valence-electron chi connectivity index (χ1n) is 4.18. The highest BCUT2D eigenvalue weighted by molar-refractivity contribution is 5.74. The molecule has 0 saturated carbocycles. The third kappa shape index (κ3) is 4.35. The second kappa shape index (κ2) is 5.85. The maximum atomic E-state index is 9.81. The van der Waals surface area contributed by atoms with Crippen LogP contribution in [0, 0.1) is 0 Å². The van der Waals surface area contributed by atoms with Crippen molar-refractivity contribution in [1.29, 1.82) is 0 Å². The molecule has 0 saturated heterocycles. The summed E-state index contributed by atoms with van der Waals surface area (Å²) >= 11 is 0. The van der Waals surface area contributed by atoms with Gasteiger partial charge in [0.05, 0.1) is 0 Å². The third-order valence-corrected chi connectivity index (χ3v) is 1.49. The molecule has 1 rings (SSSR count). The molecular formula is C10H14O4. The van der Waals surface area contributed by atoms with Gasteiger partial charge in [-0.05, 0) is 19.1 Å². The van der Waals surface area contributed by atoms with Gasteiger partial charge in [-0.1, -0.05) is 13.0 Å². The SMILES string of the molecule is CCC(C)=O.Oc1cccc(O)c1O. The predicted molar refractivity (Wildman–Crippen MR) is 52.4 cm³/mol. The van der Waals surface area contributed by atoms with Gasteiger partial charge in [-0.3, -0.25) is 0 Å². The molecule has 0 bridgehead atoms. The Labute approximate surface area is 82.4 Å². The summed E-state index contributed by atoms with van der Waals surface area (Å²) in [6.45, 7) is 3.43. The molecule has 14 heavy (non-hydrogen) atoms. The van der Waals surface area contributed by atoms with E-state index in [-0.39, 0.29) is 17.3 Å². The Morgan fingerprint density at radius 1 is 1.21 bits per heavy atom.